The topological polar surface area (TPSA) is 126 Å². The van der Waals surface area contributed by atoms with Crippen molar-refractivity contribution in [2.45, 2.75) is 50.7 Å². The third kappa shape index (κ3) is 3.13. The molecule has 0 atom stereocenters. The van der Waals surface area contributed by atoms with Gasteiger partial charge in [-0.15, -0.1) is 0 Å². The van der Waals surface area contributed by atoms with E-state index in [1.165, 1.54) is 6.08 Å². The number of carboxylic acids is 1. The maximum absolute atomic E-state index is 11.5. The number of hydrogen-bond acceptors (Lipinski definition) is 7. The molecular formula is C12H15N3O5. The highest BCUT2D eigenvalue weighted by Crippen LogP contribution is 2.39. The van der Waals surface area contributed by atoms with Crippen LogP contribution >= 0.6 is 0 Å². The van der Waals surface area contributed by atoms with Crippen LogP contribution in [0.1, 0.15) is 39.5 Å². The number of aliphatic carboxylic acids is 1. The molecule has 0 aliphatic carbocycles. The number of aliphatic imine (C=N–C) groups is 3. The van der Waals surface area contributed by atoms with Crippen LogP contribution in [0.2, 0.25) is 0 Å². The van der Waals surface area contributed by atoms with Crippen molar-refractivity contribution in [3.8, 4) is 0 Å². The molecule has 0 radical (unpaired) electrons. The van der Waals surface area contributed by atoms with E-state index in [9.17, 15) is 24.3 Å². The molecule has 0 heterocycles. The predicted molar refractivity (Wildman–Crippen MR) is 67.3 cm³/mol. The summed E-state index contributed by atoms with van der Waals surface area (Å²) in [5.41, 5.74) is -4.21. The number of carboxylic acid groups (broad SMARTS) is 1. The summed E-state index contributed by atoms with van der Waals surface area (Å²) in [6.07, 6.45) is 4.49. The second-order valence-electron chi connectivity index (χ2n) is 4.12. The highest BCUT2D eigenvalue weighted by molar-refractivity contribution is 5.83. The predicted octanol–water partition coefficient (Wildman–Crippen LogP) is 1.11. The molecule has 0 aromatic heterocycles. The van der Waals surface area contributed by atoms with E-state index in [4.69, 9.17) is 0 Å². The van der Waals surface area contributed by atoms with Gasteiger partial charge in [0.1, 0.15) is 5.54 Å². The number of rotatable bonds is 9. The van der Waals surface area contributed by atoms with Crippen molar-refractivity contribution in [1.29, 1.82) is 0 Å². The smallest absolute Gasteiger partial charge is 0.358 e. The van der Waals surface area contributed by atoms with E-state index in [0.717, 1.165) is 12.2 Å². The Balaban J connectivity index is 6.50. The Morgan fingerprint density at radius 3 is 1.60 bits per heavy atom. The Hall–Kier alpha value is -2.39. The van der Waals surface area contributed by atoms with Gasteiger partial charge in [0.15, 0.2) is 0 Å². The molecule has 20 heavy (non-hydrogen) atoms. The molecule has 0 saturated carbocycles. The maximum Gasteiger partial charge on any atom is 0.358 e. The Kier molecular flexibility index (Phi) is 6.97. The Morgan fingerprint density at radius 1 is 0.950 bits per heavy atom. The first-order valence-electron chi connectivity index (χ1n) is 6.00. The molecule has 0 fully saturated rings. The van der Waals surface area contributed by atoms with Gasteiger partial charge in [0.2, 0.25) is 18.2 Å². The molecular weight excluding hydrogens is 266 g/mol. The van der Waals surface area contributed by atoms with Gasteiger partial charge in [0, 0.05) is 0 Å². The second-order valence-corrected chi connectivity index (χ2v) is 4.12. The van der Waals surface area contributed by atoms with Gasteiger partial charge in [0.25, 0.3) is 5.66 Å². The number of carbonyl (C=O) groups is 1. The molecule has 0 spiro atoms. The van der Waals surface area contributed by atoms with Gasteiger partial charge in [-0.25, -0.2) is 19.2 Å². The lowest BCUT2D eigenvalue weighted by Crippen LogP contribution is -2.55. The fraction of sp³-hybridized carbons (Fsp3) is 0.667. The Bertz CT molecular complexity index is 468. The Labute approximate surface area is 115 Å². The molecule has 0 rings (SSSR count). The fourth-order valence-corrected chi connectivity index (χ4v) is 2.24. The third-order valence-corrected chi connectivity index (χ3v) is 2.95. The van der Waals surface area contributed by atoms with Gasteiger partial charge in [-0.3, -0.25) is 0 Å². The van der Waals surface area contributed by atoms with Crippen molar-refractivity contribution in [3.05, 3.63) is 0 Å². The van der Waals surface area contributed by atoms with Crippen LogP contribution in [0, 0.1) is 0 Å². The fourth-order valence-electron chi connectivity index (χ4n) is 2.24. The second kappa shape index (κ2) is 7.92. The van der Waals surface area contributed by atoms with Crippen LogP contribution in [0.4, 0.5) is 0 Å². The minimum Gasteiger partial charge on any atom is -0.478 e. The zero-order valence-corrected chi connectivity index (χ0v) is 11.3. The molecule has 1 N–H and O–H groups in total. The largest absolute Gasteiger partial charge is 0.478 e. The van der Waals surface area contributed by atoms with Crippen molar-refractivity contribution in [3.63, 3.8) is 0 Å². The number of nitrogens with zero attached hydrogens (tertiary/aromatic N) is 3. The van der Waals surface area contributed by atoms with Crippen LogP contribution in [0.25, 0.3) is 0 Å². The van der Waals surface area contributed by atoms with E-state index in [1.807, 2.05) is 0 Å². The molecule has 0 aliphatic rings. The number of hydrogen-bond donors (Lipinski definition) is 1. The van der Waals surface area contributed by atoms with Crippen molar-refractivity contribution in [2.75, 3.05) is 0 Å². The van der Waals surface area contributed by atoms with Gasteiger partial charge < -0.3 is 5.11 Å². The summed E-state index contributed by atoms with van der Waals surface area (Å²) >= 11 is 0. The molecule has 108 valence electrons. The zero-order chi connectivity index (χ0) is 15.6. The first kappa shape index (κ1) is 17.6. The van der Waals surface area contributed by atoms with E-state index < -0.39 is 17.2 Å². The summed E-state index contributed by atoms with van der Waals surface area (Å²) in [7, 11) is 0. The van der Waals surface area contributed by atoms with Crippen molar-refractivity contribution in [2.24, 2.45) is 15.0 Å². The molecule has 0 bridgehead atoms. The van der Waals surface area contributed by atoms with Crippen LogP contribution < -0.4 is 0 Å². The van der Waals surface area contributed by atoms with Crippen molar-refractivity contribution >= 4 is 24.2 Å². The van der Waals surface area contributed by atoms with E-state index >= 15 is 0 Å². The first-order chi connectivity index (χ1) is 9.50. The molecule has 8 heteroatoms. The lowest BCUT2D eigenvalue weighted by Gasteiger charge is -2.36. The van der Waals surface area contributed by atoms with E-state index in [2.05, 4.69) is 15.0 Å². The lowest BCUT2D eigenvalue weighted by atomic mass is 9.77. The summed E-state index contributed by atoms with van der Waals surface area (Å²) in [6.45, 7) is 3.46. The normalized spacial score (nSPS) is 13.1. The van der Waals surface area contributed by atoms with Crippen LogP contribution in [-0.2, 0) is 19.2 Å². The summed E-state index contributed by atoms with van der Waals surface area (Å²) < 4.78 is 0. The van der Waals surface area contributed by atoms with Gasteiger partial charge in [-0.1, -0.05) is 26.7 Å². The van der Waals surface area contributed by atoms with Crippen LogP contribution in [0.5, 0.6) is 0 Å². The summed E-state index contributed by atoms with van der Waals surface area (Å²) in [5, 5.41) is 9.37. The van der Waals surface area contributed by atoms with Gasteiger partial charge in [0.05, 0.1) is 0 Å². The molecule has 8 nitrogen and oxygen atoms in total. The molecule has 0 saturated heterocycles. The molecule has 0 aromatic carbocycles. The number of carbonyl (C=O) groups excluding carboxylic acids is 3. The Morgan fingerprint density at radius 2 is 1.35 bits per heavy atom. The molecule has 0 aliphatic heterocycles. The van der Waals surface area contributed by atoms with Gasteiger partial charge in [-0.05, 0) is 12.8 Å². The van der Waals surface area contributed by atoms with E-state index in [-0.39, 0.29) is 12.8 Å². The summed E-state index contributed by atoms with van der Waals surface area (Å²) in [6, 6.07) is 0. The quantitative estimate of drug-likeness (QED) is 0.500. The molecule has 0 unspecified atom stereocenters. The first-order valence-corrected chi connectivity index (χ1v) is 6.00. The van der Waals surface area contributed by atoms with Crippen molar-refractivity contribution in [1.82, 2.24) is 0 Å². The molecule has 0 amide bonds. The summed E-state index contributed by atoms with van der Waals surface area (Å²) in [4.78, 5) is 53.2. The summed E-state index contributed by atoms with van der Waals surface area (Å²) in [5.74, 6) is -1.68. The van der Waals surface area contributed by atoms with E-state index in [1.54, 1.807) is 13.8 Å². The number of isocyanates is 3. The monoisotopic (exact) mass is 281 g/mol. The average molecular weight is 281 g/mol. The van der Waals surface area contributed by atoms with Gasteiger partial charge >= 0.3 is 5.97 Å². The maximum atomic E-state index is 11.5. The highest BCUT2D eigenvalue weighted by atomic mass is 16.4. The average Bonchev–Trinajstić information content (AvgIpc) is 2.38. The standard InChI is InChI=1S/C12H15N3O5/c1-3-5-11(6-4-2,13-7-16)12(10(19)20,14-8-17)15-9-18/h3-6H2,1-2H3,(H,19,20). The van der Waals surface area contributed by atoms with Gasteiger partial charge in [-0.2, -0.15) is 15.0 Å². The van der Waals surface area contributed by atoms with Crippen LogP contribution in [-0.4, -0.2) is 40.5 Å². The van der Waals surface area contributed by atoms with E-state index in [0.29, 0.717) is 12.8 Å². The lowest BCUT2D eigenvalue weighted by molar-refractivity contribution is -0.146. The van der Waals surface area contributed by atoms with Crippen LogP contribution in [0.3, 0.4) is 0 Å². The highest BCUT2D eigenvalue weighted by Gasteiger charge is 2.58. The SMILES string of the molecule is CCCC(CCC)(N=C=O)C(N=C=O)(N=C=O)C(=O)O. The van der Waals surface area contributed by atoms with Crippen molar-refractivity contribution < 1.29 is 24.3 Å². The third-order valence-electron chi connectivity index (χ3n) is 2.95. The molecule has 0 aromatic rings. The minimum atomic E-state index is -2.54. The minimum absolute atomic E-state index is 0.0821. The van der Waals surface area contributed by atoms with Crippen LogP contribution in [0.15, 0.2) is 15.0 Å². The zero-order valence-electron chi connectivity index (χ0n) is 11.3.